The maximum atomic E-state index is 11.7. The summed E-state index contributed by atoms with van der Waals surface area (Å²) in [6.07, 6.45) is -0.807. The number of esters is 1. The van der Waals surface area contributed by atoms with Crippen molar-refractivity contribution in [1.29, 1.82) is 0 Å². The average Bonchev–Trinajstić information content (AvgIpc) is 2.76. The first kappa shape index (κ1) is 14.7. The maximum absolute atomic E-state index is 11.7. The summed E-state index contributed by atoms with van der Waals surface area (Å²) in [5, 5.41) is 9.99. The van der Waals surface area contributed by atoms with Crippen LogP contribution in [0.25, 0.3) is 0 Å². The van der Waals surface area contributed by atoms with Crippen molar-refractivity contribution in [2.75, 3.05) is 0 Å². The van der Waals surface area contributed by atoms with Crippen molar-refractivity contribution >= 4 is 17.5 Å². The Morgan fingerprint density at radius 2 is 2.10 bits per heavy atom. The van der Waals surface area contributed by atoms with Crippen LogP contribution < -0.4 is 0 Å². The Kier molecular flexibility index (Phi) is 3.90. The number of allylic oxidation sites excluding steroid dienone is 1. The third-order valence-electron chi connectivity index (χ3n) is 4.01. The zero-order valence-corrected chi connectivity index (χ0v) is 11.6. The van der Waals surface area contributed by atoms with E-state index in [-0.39, 0.29) is 23.9 Å². The van der Waals surface area contributed by atoms with Gasteiger partial charge in [-0.2, -0.15) is 0 Å². The minimum absolute atomic E-state index is 0.0182. The molecule has 0 aromatic heterocycles. The smallest absolute Gasteiger partial charge is 0.334 e. The van der Waals surface area contributed by atoms with Crippen LogP contribution in [-0.2, 0) is 19.1 Å². The van der Waals surface area contributed by atoms with Gasteiger partial charge >= 0.3 is 5.97 Å². The largest absolute Gasteiger partial charge is 0.454 e. The second-order valence-electron chi connectivity index (χ2n) is 5.42. The summed E-state index contributed by atoms with van der Waals surface area (Å²) in [7, 11) is 0. The number of ketones is 2. The van der Waals surface area contributed by atoms with Crippen molar-refractivity contribution in [3.05, 3.63) is 23.3 Å². The van der Waals surface area contributed by atoms with Gasteiger partial charge in [0.05, 0.1) is 6.10 Å². The number of aliphatic hydroxyl groups is 1. The van der Waals surface area contributed by atoms with Gasteiger partial charge in [0, 0.05) is 29.9 Å². The Balaban J connectivity index is 2.29. The summed E-state index contributed by atoms with van der Waals surface area (Å²) in [5.74, 6) is -0.983. The van der Waals surface area contributed by atoms with Gasteiger partial charge in [-0.3, -0.25) is 4.79 Å². The molecular formula is C15H18O5. The van der Waals surface area contributed by atoms with E-state index >= 15 is 0 Å². The standard InChI is InChI=1S/C15H18O5/c1-7(16)4-5-10-8(2)15(19)20-14(10)13-9(3)11(17)6-12(13)18/h10,12,14,18H,2,4-6H2,1,3H3/t10-,12+,14+/m0/s1. The van der Waals surface area contributed by atoms with Crippen LogP contribution in [0.4, 0.5) is 0 Å². The summed E-state index contributed by atoms with van der Waals surface area (Å²) in [4.78, 5) is 34.5. The number of cyclic esters (lactones) is 1. The Hall–Kier alpha value is -1.75. The predicted octanol–water partition coefficient (Wildman–Crippen LogP) is 1.10. The first-order valence-corrected chi connectivity index (χ1v) is 6.64. The summed E-state index contributed by atoms with van der Waals surface area (Å²) >= 11 is 0. The van der Waals surface area contributed by atoms with Crippen molar-refractivity contribution in [1.82, 2.24) is 0 Å². The van der Waals surface area contributed by atoms with Gasteiger partial charge in [-0.05, 0) is 25.8 Å². The van der Waals surface area contributed by atoms with Crippen molar-refractivity contribution in [3.8, 4) is 0 Å². The molecule has 0 aromatic carbocycles. The Morgan fingerprint density at radius 1 is 1.45 bits per heavy atom. The van der Waals surface area contributed by atoms with Gasteiger partial charge in [-0.25, -0.2) is 4.79 Å². The molecule has 1 N–H and O–H groups in total. The third kappa shape index (κ3) is 2.45. The van der Waals surface area contributed by atoms with Gasteiger partial charge in [0.25, 0.3) is 0 Å². The molecule has 0 spiro atoms. The third-order valence-corrected chi connectivity index (χ3v) is 4.01. The topological polar surface area (TPSA) is 80.7 Å². The molecule has 108 valence electrons. The van der Waals surface area contributed by atoms with Crippen LogP contribution in [0.15, 0.2) is 23.3 Å². The minimum Gasteiger partial charge on any atom is -0.454 e. The predicted molar refractivity (Wildman–Crippen MR) is 70.8 cm³/mol. The minimum atomic E-state index is -0.911. The van der Waals surface area contributed by atoms with Crippen LogP contribution in [0.5, 0.6) is 0 Å². The van der Waals surface area contributed by atoms with E-state index in [1.807, 2.05) is 0 Å². The summed E-state index contributed by atoms with van der Waals surface area (Å²) in [6, 6.07) is 0. The Labute approximate surface area is 117 Å². The number of aliphatic hydroxyl groups excluding tert-OH is 1. The van der Waals surface area contributed by atoms with E-state index in [0.29, 0.717) is 29.6 Å². The number of ether oxygens (including phenoxy) is 1. The molecule has 0 bridgehead atoms. The molecule has 0 unspecified atom stereocenters. The molecule has 2 aliphatic rings. The van der Waals surface area contributed by atoms with Crippen LogP contribution >= 0.6 is 0 Å². The van der Waals surface area contributed by atoms with E-state index in [4.69, 9.17) is 4.74 Å². The fraction of sp³-hybridized carbons (Fsp3) is 0.533. The van der Waals surface area contributed by atoms with Crippen molar-refractivity contribution in [2.24, 2.45) is 5.92 Å². The van der Waals surface area contributed by atoms with Gasteiger partial charge in [-0.1, -0.05) is 6.58 Å². The molecule has 2 rings (SSSR count). The fourth-order valence-corrected chi connectivity index (χ4v) is 2.82. The normalized spacial score (nSPS) is 30.1. The molecule has 0 saturated carbocycles. The van der Waals surface area contributed by atoms with Gasteiger partial charge in [0.1, 0.15) is 11.9 Å². The summed E-state index contributed by atoms with van der Waals surface area (Å²) in [6.45, 7) is 6.82. The van der Waals surface area contributed by atoms with Crippen LogP contribution in [0.3, 0.4) is 0 Å². The molecule has 1 aliphatic carbocycles. The average molecular weight is 278 g/mol. The summed E-state index contributed by atoms with van der Waals surface area (Å²) in [5.41, 5.74) is 1.23. The van der Waals surface area contributed by atoms with E-state index in [0.717, 1.165) is 0 Å². The van der Waals surface area contributed by atoms with Crippen molar-refractivity contribution in [3.63, 3.8) is 0 Å². The van der Waals surface area contributed by atoms with Crippen LogP contribution in [0, 0.1) is 5.92 Å². The number of hydrogen-bond acceptors (Lipinski definition) is 5. The van der Waals surface area contributed by atoms with Crippen molar-refractivity contribution in [2.45, 2.75) is 45.3 Å². The first-order valence-electron chi connectivity index (χ1n) is 6.64. The molecule has 1 fully saturated rings. The molecular weight excluding hydrogens is 260 g/mol. The lowest BCUT2D eigenvalue weighted by molar-refractivity contribution is -0.138. The first-order chi connectivity index (χ1) is 9.32. The van der Waals surface area contributed by atoms with Crippen molar-refractivity contribution < 1.29 is 24.2 Å². The highest BCUT2D eigenvalue weighted by Crippen LogP contribution is 2.39. The molecule has 0 amide bonds. The Bertz CT molecular complexity index is 528. The van der Waals surface area contributed by atoms with Crippen LogP contribution in [0.2, 0.25) is 0 Å². The molecule has 1 aliphatic heterocycles. The quantitative estimate of drug-likeness (QED) is 0.615. The van der Waals surface area contributed by atoms with Gasteiger partial charge in [-0.15, -0.1) is 0 Å². The molecule has 1 heterocycles. The monoisotopic (exact) mass is 278 g/mol. The van der Waals surface area contributed by atoms with Crippen LogP contribution in [0.1, 0.15) is 33.1 Å². The van der Waals surface area contributed by atoms with E-state index in [2.05, 4.69) is 6.58 Å². The molecule has 1 saturated heterocycles. The lowest BCUT2D eigenvalue weighted by Crippen LogP contribution is -2.26. The van der Waals surface area contributed by atoms with E-state index in [9.17, 15) is 19.5 Å². The number of carbonyl (C=O) groups is 3. The number of carbonyl (C=O) groups excluding carboxylic acids is 3. The SMILES string of the molecule is C=C1C(=O)O[C@@H](C2=C(C)C(=O)C[C@H]2O)[C@H]1CCC(C)=O. The van der Waals surface area contributed by atoms with Crippen LogP contribution in [-0.4, -0.2) is 34.9 Å². The van der Waals surface area contributed by atoms with Gasteiger partial charge < -0.3 is 14.6 Å². The fourth-order valence-electron chi connectivity index (χ4n) is 2.82. The van der Waals surface area contributed by atoms with Gasteiger partial charge in [0.15, 0.2) is 5.78 Å². The highest BCUT2D eigenvalue weighted by Gasteiger charge is 2.45. The number of hydrogen-bond donors (Lipinski definition) is 1. The second-order valence-corrected chi connectivity index (χ2v) is 5.42. The van der Waals surface area contributed by atoms with Gasteiger partial charge in [0.2, 0.25) is 0 Å². The second kappa shape index (κ2) is 5.32. The highest BCUT2D eigenvalue weighted by atomic mass is 16.6. The molecule has 20 heavy (non-hydrogen) atoms. The number of Topliss-reactive ketones (excluding diaryl/α,β-unsaturated/α-hetero) is 2. The maximum Gasteiger partial charge on any atom is 0.334 e. The molecule has 3 atom stereocenters. The number of rotatable bonds is 4. The zero-order valence-electron chi connectivity index (χ0n) is 11.6. The molecule has 0 radical (unpaired) electrons. The summed E-state index contributed by atoms with van der Waals surface area (Å²) < 4.78 is 5.27. The Morgan fingerprint density at radius 3 is 2.60 bits per heavy atom. The zero-order chi connectivity index (χ0) is 15.0. The van der Waals surface area contributed by atoms with E-state index in [1.54, 1.807) is 6.92 Å². The lowest BCUT2D eigenvalue weighted by atomic mass is 9.86. The van der Waals surface area contributed by atoms with E-state index in [1.165, 1.54) is 6.92 Å². The van der Waals surface area contributed by atoms with E-state index < -0.39 is 18.2 Å². The molecule has 5 nitrogen and oxygen atoms in total. The highest BCUT2D eigenvalue weighted by molar-refractivity contribution is 6.00. The molecule has 0 aromatic rings. The lowest BCUT2D eigenvalue weighted by Gasteiger charge is -2.21. The molecule has 5 heteroatoms.